The van der Waals surface area contributed by atoms with Crippen LogP contribution >= 0.6 is 0 Å². The van der Waals surface area contributed by atoms with Gasteiger partial charge in [-0.1, -0.05) is 30.3 Å². The fourth-order valence-corrected chi connectivity index (χ4v) is 3.37. The van der Waals surface area contributed by atoms with Crippen LogP contribution in [0, 0.1) is 12.8 Å². The van der Waals surface area contributed by atoms with Crippen LogP contribution in [0.5, 0.6) is 0 Å². The molecule has 1 fully saturated rings. The first-order valence-corrected chi connectivity index (χ1v) is 8.75. The van der Waals surface area contributed by atoms with Crippen LogP contribution in [0.2, 0.25) is 0 Å². The molecule has 1 amide bonds. The highest BCUT2D eigenvalue weighted by Crippen LogP contribution is 2.20. The Kier molecular flexibility index (Phi) is 5.79. The zero-order valence-electron chi connectivity index (χ0n) is 14.6. The van der Waals surface area contributed by atoms with E-state index in [0.717, 1.165) is 31.6 Å². The highest BCUT2D eigenvalue weighted by Gasteiger charge is 2.30. The van der Waals surface area contributed by atoms with Crippen LogP contribution in [0.25, 0.3) is 0 Å². The van der Waals surface area contributed by atoms with Gasteiger partial charge in [0.2, 0.25) is 0 Å². The van der Waals surface area contributed by atoms with Gasteiger partial charge in [0.1, 0.15) is 0 Å². The number of rotatable bonds is 5. The molecule has 132 valence electrons. The molecule has 5 heteroatoms. The number of hydrogen-bond donors (Lipinski definition) is 2. The smallest absolute Gasteiger partial charge is 0.253 e. The molecule has 2 N–H and O–H groups in total. The summed E-state index contributed by atoms with van der Waals surface area (Å²) in [6, 6.07) is 12.1. The monoisotopic (exact) mass is 339 g/mol. The van der Waals surface area contributed by atoms with Crippen molar-refractivity contribution in [2.45, 2.75) is 25.9 Å². The van der Waals surface area contributed by atoms with Gasteiger partial charge in [-0.2, -0.15) is 0 Å². The Balaban J connectivity index is 1.65. The van der Waals surface area contributed by atoms with Crippen molar-refractivity contribution in [3.05, 3.63) is 65.5 Å². The average molecular weight is 339 g/mol. The number of aryl methyl sites for hydroxylation is 1. The SMILES string of the molecule is Cc1cncc(C(=O)N[C@@H]2CN(Cc3ccccc3)CC[C@H]2CO)c1. The van der Waals surface area contributed by atoms with E-state index < -0.39 is 0 Å². The van der Waals surface area contributed by atoms with E-state index in [1.165, 1.54) is 5.56 Å². The Morgan fingerprint density at radius 1 is 1.32 bits per heavy atom. The number of nitrogens with zero attached hydrogens (tertiary/aromatic N) is 2. The standard InChI is InChI=1S/C20H25N3O2/c1-15-9-18(11-21-10-15)20(25)22-19-13-23(8-7-17(19)14-24)12-16-5-3-2-4-6-16/h2-6,9-11,17,19,24H,7-8,12-14H2,1H3,(H,22,25)/t17-,19+/m0/s1. The summed E-state index contributed by atoms with van der Waals surface area (Å²) in [6.07, 6.45) is 4.19. The third-order valence-electron chi connectivity index (χ3n) is 4.78. The van der Waals surface area contributed by atoms with Gasteiger partial charge in [-0.15, -0.1) is 0 Å². The van der Waals surface area contributed by atoms with Crippen molar-refractivity contribution in [2.24, 2.45) is 5.92 Å². The van der Waals surface area contributed by atoms with Crippen molar-refractivity contribution < 1.29 is 9.90 Å². The second kappa shape index (κ2) is 8.23. The van der Waals surface area contributed by atoms with Gasteiger partial charge in [0, 0.05) is 44.0 Å². The van der Waals surface area contributed by atoms with E-state index in [1.54, 1.807) is 12.4 Å². The van der Waals surface area contributed by atoms with E-state index >= 15 is 0 Å². The zero-order chi connectivity index (χ0) is 17.6. The van der Waals surface area contributed by atoms with Gasteiger partial charge in [0.15, 0.2) is 0 Å². The summed E-state index contributed by atoms with van der Waals surface area (Å²) in [6.45, 7) is 4.54. The Labute approximate surface area is 148 Å². The minimum Gasteiger partial charge on any atom is -0.396 e. The minimum atomic E-state index is -0.124. The number of aliphatic hydroxyl groups is 1. The van der Waals surface area contributed by atoms with Gasteiger partial charge in [0.25, 0.3) is 5.91 Å². The van der Waals surface area contributed by atoms with E-state index in [0.29, 0.717) is 5.56 Å². The number of piperidine rings is 1. The third kappa shape index (κ3) is 4.65. The zero-order valence-corrected chi connectivity index (χ0v) is 14.6. The van der Waals surface area contributed by atoms with Crippen molar-refractivity contribution >= 4 is 5.91 Å². The predicted molar refractivity (Wildman–Crippen MR) is 97.1 cm³/mol. The van der Waals surface area contributed by atoms with Crippen LogP contribution in [-0.4, -0.2) is 46.6 Å². The molecule has 1 aliphatic heterocycles. The number of aromatic nitrogens is 1. The minimum absolute atomic E-state index is 0.0597. The molecule has 3 rings (SSSR count). The summed E-state index contributed by atoms with van der Waals surface area (Å²) in [5, 5.41) is 12.8. The first-order valence-electron chi connectivity index (χ1n) is 8.75. The molecule has 1 aromatic heterocycles. The van der Waals surface area contributed by atoms with Crippen LogP contribution < -0.4 is 5.32 Å². The van der Waals surface area contributed by atoms with Crippen LogP contribution in [0.4, 0.5) is 0 Å². The van der Waals surface area contributed by atoms with Gasteiger partial charge in [-0.25, -0.2) is 0 Å². The molecule has 1 aliphatic rings. The van der Waals surface area contributed by atoms with Crippen LogP contribution in [-0.2, 0) is 6.54 Å². The van der Waals surface area contributed by atoms with E-state index in [2.05, 4.69) is 27.3 Å². The number of hydrogen-bond acceptors (Lipinski definition) is 4. The van der Waals surface area contributed by atoms with E-state index in [1.807, 2.05) is 31.2 Å². The maximum Gasteiger partial charge on any atom is 0.253 e. The Morgan fingerprint density at radius 3 is 2.84 bits per heavy atom. The lowest BCUT2D eigenvalue weighted by Crippen LogP contribution is -2.53. The molecule has 2 aromatic rings. The lowest BCUT2D eigenvalue weighted by molar-refractivity contribution is 0.0730. The lowest BCUT2D eigenvalue weighted by atomic mass is 9.91. The van der Waals surface area contributed by atoms with Crippen molar-refractivity contribution in [3.8, 4) is 0 Å². The van der Waals surface area contributed by atoms with Crippen LogP contribution in [0.1, 0.15) is 27.9 Å². The summed E-state index contributed by atoms with van der Waals surface area (Å²) in [7, 11) is 0. The summed E-state index contributed by atoms with van der Waals surface area (Å²) >= 11 is 0. The van der Waals surface area contributed by atoms with Gasteiger partial charge >= 0.3 is 0 Å². The number of likely N-dealkylation sites (tertiary alicyclic amines) is 1. The second-order valence-corrected chi connectivity index (χ2v) is 6.78. The summed E-state index contributed by atoms with van der Waals surface area (Å²) < 4.78 is 0. The first kappa shape index (κ1) is 17.6. The maximum atomic E-state index is 12.5. The number of carbonyl (C=O) groups is 1. The highest BCUT2D eigenvalue weighted by atomic mass is 16.3. The van der Waals surface area contributed by atoms with E-state index in [9.17, 15) is 9.90 Å². The Morgan fingerprint density at radius 2 is 2.12 bits per heavy atom. The molecule has 0 radical (unpaired) electrons. The fourth-order valence-electron chi connectivity index (χ4n) is 3.37. The Hall–Kier alpha value is -2.24. The molecule has 5 nitrogen and oxygen atoms in total. The molecule has 2 atom stereocenters. The molecule has 1 aromatic carbocycles. The molecular formula is C20H25N3O2. The first-order chi connectivity index (χ1) is 12.2. The lowest BCUT2D eigenvalue weighted by Gasteiger charge is -2.38. The quantitative estimate of drug-likeness (QED) is 0.874. The molecule has 0 unspecified atom stereocenters. The fraction of sp³-hybridized carbons (Fsp3) is 0.400. The van der Waals surface area contributed by atoms with Gasteiger partial charge < -0.3 is 10.4 Å². The largest absolute Gasteiger partial charge is 0.396 e. The number of benzene rings is 1. The number of nitrogens with one attached hydrogen (secondary N) is 1. The number of carbonyl (C=O) groups excluding carboxylic acids is 1. The van der Waals surface area contributed by atoms with Crippen LogP contribution in [0.3, 0.4) is 0 Å². The summed E-state index contributed by atoms with van der Waals surface area (Å²) in [5.41, 5.74) is 2.79. The Bertz CT molecular complexity index is 705. The van der Waals surface area contributed by atoms with Crippen molar-refractivity contribution in [2.75, 3.05) is 19.7 Å². The average Bonchev–Trinajstić information content (AvgIpc) is 2.63. The predicted octanol–water partition coefficient (Wildman–Crippen LogP) is 2.00. The molecule has 1 saturated heterocycles. The molecule has 0 spiro atoms. The summed E-state index contributed by atoms with van der Waals surface area (Å²) in [4.78, 5) is 19.0. The van der Waals surface area contributed by atoms with Gasteiger partial charge in [-0.3, -0.25) is 14.7 Å². The maximum absolute atomic E-state index is 12.5. The molecule has 0 aliphatic carbocycles. The normalized spacial score (nSPS) is 21.0. The van der Waals surface area contributed by atoms with E-state index in [4.69, 9.17) is 0 Å². The van der Waals surface area contributed by atoms with Crippen molar-refractivity contribution in [3.63, 3.8) is 0 Å². The number of pyridine rings is 1. The molecule has 0 bridgehead atoms. The number of aliphatic hydroxyl groups excluding tert-OH is 1. The van der Waals surface area contributed by atoms with Crippen molar-refractivity contribution in [1.29, 1.82) is 0 Å². The molecular weight excluding hydrogens is 314 g/mol. The molecule has 2 heterocycles. The van der Waals surface area contributed by atoms with Crippen LogP contribution in [0.15, 0.2) is 48.8 Å². The summed E-state index contributed by atoms with van der Waals surface area (Å²) in [5.74, 6) is -0.0325. The van der Waals surface area contributed by atoms with E-state index in [-0.39, 0.29) is 24.5 Å². The highest BCUT2D eigenvalue weighted by molar-refractivity contribution is 5.94. The topological polar surface area (TPSA) is 65.5 Å². The molecule has 0 saturated carbocycles. The second-order valence-electron chi connectivity index (χ2n) is 6.78. The van der Waals surface area contributed by atoms with Gasteiger partial charge in [-0.05, 0) is 37.1 Å². The number of amides is 1. The van der Waals surface area contributed by atoms with Crippen molar-refractivity contribution in [1.82, 2.24) is 15.2 Å². The van der Waals surface area contributed by atoms with Gasteiger partial charge in [0.05, 0.1) is 5.56 Å². The molecule has 25 heavy (non-hydrogen) atoms. The third-order valence-corrected chi connectivity index (χ3v) is 4.78.